The van der Waals surface area contributed by atoms with Crippen molar-refractivity contribution in [2.75, 3.05) is 24.4 Å². The molecule has 0 spiro atoms. The molecule has 2 amide bonds. The number of ether oxygens (including phenoxy) is 2. The van der Waals surface area contributed by atoms with E-state index in [1.54, 1.807) is 35.0 Å². The minimum Gasteiger partial charge on any atom is -0.495 e. The Morgan fingerprint density at radius 2 is 1.96 bits per heavy atom. The number of esters is 1. The van der Waals surface area contributed by atoms with E-state index in [9.17, 15) is 14.4 Å². The van der Waals surface area contributed by atoms with Crippen LogP contribution >= 0.6 is 11.3 Å². The zero-order chi connectivity index (χ0) is 17.5. The number of thiophene rings is 1. The third-order valence-corrected chi connectivity index (χ3v) is 3.57. The summed E-state index contributed by atoms with van der Waals surface area (Å²) in [6.45, 7) is 0.953. The Morgan fingerprint density at radius 1 is 1.17 bits per heavy atom. The number of nitrogens with one attached hydrogen (secondary N) is 2. The van der Waals surface area contributed by atoms with Crippen LogP contribution in [-0.2, 0) is 14.3 Å². The first-order chi connectivity index (χ1) is 11.5. The average molecular weight is 348 g/mol. The van der Waals surface area contributed by atoms with Gasteiger partial charge in [0, 0.05) is 18.0 Å². The van der Waals surface area contributed by atoms with Gasteiger partial charge >= 0.3 is 5.97 Å². The molecule has 1 heterocycles. The molecule has 0 bridgehead atoms. The summed E-state index contributed by atoms with van der Waals surface area (Å²) in [5.41, 5.74) is 1.27. The fourth-order valence-electron chi connectivity index (χ4n) is 1.87. The molecule has 24 heavy (non-hydrogen) atoms. The standard InChI is InChI=1S/C16H16N2O5S/c1-10(19)17-12-3-4-14(22-2)13(7-12)18-15(20)8-23-16(21)11-5-6-24-9-11/h3-7,9H,8H2,1-2H3,(H,17,19)(H,18,20). The fourth-order valence-corrected chi connectivity index (χ4v) is 2.49. The van der Waals surface area contributed by atoms with Crippen LogP contribution < -0.4 is 15.4 Å². The Hall–Kier alpha value is -2.87. The maximum absolute atomic E-state index is 12.0. The number of carbonyl (C=O) groups excluding carboxylic acids is 3. The van der Waals surface area contributed by atoms with Crippen LogP contribution in [0.4, 0.5) is 11.4 Å². The fraction of sp³-hybridized carbons (Fsp3) is 0.188. The predicted octanol–water partition coefficient (Wildman–Crippen LogP) is 2.51. The molecule has 1 aromatic heterocycles. The molecular formula is C16H16N2O5S. The monoisotopic (exact) mass is 348 g/mol. The molecule has 0 atom stereocenters. The number of amides is 2. The zero-order valence-corrected chi connectivity index (χ0v) is 13.9. The number of hydrogen-bond acceptors (Lipinski definition) is 6. The highest BCUT2D eigenvalue weighted by Gasteiger charge is 2.13. The molecule has 0 aliphatic heterocycles. The van der Waals surface area contributed by atoms with Crippen LogP contribution in [-0.4, -0.2) is 31.5 Å². The first-order valence-corrected chi connectivity index (χ1v) is 7.88. The van der Waals surface area contributed by atoms with Gasteiger partial charge in [0.15, 0.2) is 6.61 Å². The molecule has 2 aromatic rings. The van der Waals surface area contributed by atoms with E-state index in [1.165, 1.54) is 25.4 Å². The molecule has 0 fully saturated rings. The molecule has 8 heteroatoms. The van der Waals surface area contributed by atoms with E-state index in [2.05, 4.69) is 10.6 Å². The third-order valence-electron chi connectivity index (χ3n) is 2.89. The van der Waals surface area contributed by atoms with E-state index in [-0.39, 0.29) is 5.91 Å². The van der Waals surface area contributed by atoms with Crippen molar-refractivity contribution in [1.29, 1.82) is 0 Å². The smallest absolute Gasteiger partial charge is 0.339 e. The van der Waals surface area contributed by atoms with E-state index in [1.807, 2.05) is 0 Å². The quantitative estimate of drug-likeness (QED) is 0.782. The summed E-state index contributed by atoms with van der Waals surface area (Å²) < 4.78 is 10.1. The van der Waals surface area contributed by atoms with Crippen molar-refractivity contribution in [3.05, 3.63) is 40.6 Å². The second kappa shape index (κ2) is 8.11. The van der Waals surface area contributed by atoms with E-state index >= 15 is 0 Å². The van der Waals surface area contributed by atoms with Crippen molar-refractivity contribution in [2.24, 2.45) is 0 Å². The summed E-state index contributed by atoms with van der Waals surface area (Å²) in [5, 5.41) is 8.58. The first-order valence-electron chi connectivity index (χ1n) is 6.94. The normalized spacial score (nSPS) is 9.92. The summed E-state index contributed by atoms with van der Waals surface area (Å²) >= 11 is 1.36. The lowest BCUT2D eigenvalue weighted by Gasteiger charge is -2.12. The summed E-state index contributed by atoms with van der Waals surface area (Å²) in [5.74, 6) is -0.897. The number of benzene rings is 1. The molecule has 0 unspecified atom stereocenters. The van der Waals surface area contributed by atoms with Gasteiger partial charge in [-0.05, 0) is 29.6 Å². The number of rotatable bonds is 6. The molecule has 7 nitrogen and oxygen atoms in total. The highest BCUT2D eigenvalue weighted by molar-refractivity contribution is 7.08. The van der Waals surface area contributed by atoms with Gasteiger partial charge < -0.3 is 20.1 Å². The lowest BCUT2D eigenvalue weighted by Crippen LogP contribution is -2.21. The van der Waals surface area contributed by atoms with Gasteiger partial charge in [-0.25, -0.2) is 4.79 Å². The Kier molecular flexibility index (Phi) is 5.91. The Bertz CT molecular complexity index is 743. The average Bonchev–Trinajstić information content (AvgIpc) is 3.07. The molecule has 2 N–H and O–H groups in total. The van der Waals surface area contributed by atoms with E-state index in [4.69, 9.17) is 9.47 Å². The molecule has 2 rings (SSSR count). The highest BCUT2D eigenvalue weighted by Crippen LogP contribution is 2.27. The van der Waals surface area contributed by atoms with Gasteiger partial charge in [0.05, 0.1) is 18.4 Å². The SMILES string of the molecule is COc1ccc(NC(C)=O)cc1NC(=O)COC(=O)c1ccsc1. The Balaban J connectivity index is 1.99. The molecule has 0 saturated carbocycles. The topological polar surface area (TPSA) is 93.7 Å². The van der Waals surface area contributed by atoms with Crippen LogP contribution in [0, 0.1) is 0 Å². The second-order valence-electron chi connectivity index (χ2n) is 4.73. The van der Waals surface area contributed by atoms with Gasteiger partial charge in [0.2, 0.25) is 5.91 Å². The van der Waals surface area contributed by atoms with Crippen LogP contribution in [0.5, 0.6) is 5.75 Å². The van der Waals surface area contributed by atoms with E-state index in [0.717, 1.165) is 0 Å². The molecule has 0 aliphatic rings. The lowest BCUT2D eigenvalue weighted by atomic mass is 10.2. The van der Waals surface area contributed by atoms with Crippen LogP contribution in [0.25, 0.3) is 0 Å². The lowest BCUT2D eigenvalue weighted by molar-refractivity contribution is -0.119. The van der Waals surface area contributed by atoms with Crippen molar-refractivity contribution in [3.63, 3.8) is 0 Å². The van der Waals surface area contributed by atoms with Crippen LogP contribution in [0.3, 0.4) is 0 Å². The van der Waals surface area contributed by atoms with Crippen LogP contribution in [0.1, 0.15) is 17.3 Å². The molecule has 0 radical (unpaired) electrons. The van der Waals surface area contributed by atoms with Gasteiger partial charge in [-0.15, -0.1) is 0 Å². The van der Waals surface area contributed by atoms with Gasteiger partial charge in [-0.1, -0.05) is 0 Å². The summed E-state index contributed by atoms with van der Waals surface area (Å²) in [6.07, 6.45) is 0. The summed E-state index contributed by atoms with van der Waals surface area (Å²) in [7, 11) is 1.46. The highest BCUT2D eigenvalue weighted by atomic mass is 32.1. The minimum atomic E-state index is -0.564. The second-order valence-corrected chi connectivity index (χ2v) is 5.51. The number of carbonyl (C=O) groups is 3. The Morgan fingerprint density at radius 3 is 2.58 bits per heavy atom. The minimum absolute atomic E-state index is 0.234. The van der Waals surface area contributed by atoms with E-state index in [0.29, 0.717) is 22.7 Å². The number of methoxy groups -OCH3 is 1. The Labute approximate surface area is 142 Å². The van der Waals surface area contributed by atoms with Gasteiger partial charge in [-0.3, -0.25) is 9.59 Å². The first kappa shape index (κ1) is 17.5. The molecule has 0 aliphatic carbocycles. The molecule has 126 valence electrons. The number of hydrogen-bond donors (Lipinski definition) is 2. The van der Waals surface area contributed by atoms with Gasteiger partial charge in [-0.2, -0.15) is 11.3 Å². The molecular weight excluding hydrogens is 332 g/mol. The van der Waals surface area contributed by atoms with Crippen molar-refractivity contribution in [3.8, 4) is 5.75 Å². The van der Waals surface area contributed by atoms with Crippen molar-refractivity contribution >= 4 is 40.5 Å². The molecule has 1 aromatic carbocycles. The summed E-state index contributed by atoms with van der Waals surface area (Å²) in [4.78, 5) is 34.8. The molecule has 0 saturated heterocycles. The van der Waals surface area contributed by atoms with Crippen LogP contribution in [0.15, 0.2) is 35.0 Å². The number of anilines is 2. The largest absolute Gasteiger partial charge is 0.495 e. The maximum atomic E-state index is 12.0. The van der Waals surface area contributed by atoms with Crippen molar-refractivity contribution in [2.45, 2.75) is 6.92 Å². The maximum Gasteiger partial charge on any atom is 0.339 e. The van der Waals surface area contributed by atoms with Crippen molar-refractivity contribution in [1.82, 2.24) is 0 Å². The van der Waals surface area contributed by atoms with Gasteiger partial charge in [0.25, 0.3) is 5.91 Å². The van der Waals surface area contributed by atoms with E-state index < -0.39 is 18.5 Å². The van der Waals surface area contributed by atoms with Gasteiger partial charge in [0.1, 0.15) is 5.75 Å². The van der Waals surface area contributed by atoms with Crippen LogP contribution in [0.2, 0.25) is 0 Å². The predicted molar refractivity (Wildman–Crippen MR) is 90.5 cm³/mol. The van der Waals surface area contributed by atoms with Crippen molar-refractivity contribution < 1.29 is 23.9 Å². The third kappa shape index (κ3) is 4.82. The zero-order valence-electron chi connectivity index (χ0n) is 13.1. The summed E-state index contributed by atoms with van der Waals surface area (Å²) in [6, 6.07) is 6.43.